The van der Waals surface area contributed by atoms with Crippen LogP contribution in [0.3, 0.4) is 0 Å². The smallest absolute Gasteiger partial charge is 0.272 e. The van der Waals surface area contributed by atoms with E-state index in [0.29, 0.717) is 18.5 Å². The van der Waals surface area contributed by atoms with Crippen LogP contribution >= 0.6 is 0 Å². The summed E-state index contributed by atoms with van der Waals surface area (Å²) in [5.41, 5.74) is 1.19. The van der Waals surface area contributed by atoms with Gasteiger partial charge in [-0.25, -0.2) is 0 Å². The van der Waals surface area contributed by atoms with E-state index in [4.69, 9.17) is 18.9 Å². The van der Waals surface area contributed by atoms with Gasteiger partial charge in [0.1, 0.15) is 12.2 Å². The van der Waals surface area contributed by atoms with E-state index in [2.05, 4.69) is 25.3 Å². The van der Waals surface area contributed by atoms with Crippen molar-refractivity contribution in [1.29, 1.82) is 0 Å². The van der Waals surface area contributed by atoms with Gasteiger partial charge in [-0.3, -0.25) is 0 Å². The van der Waals surface area contributed by atoms with Crippen LogP contribution in [-0.4, -0.2) is 19.3 Å². The maximum absolute atomic E-state index is 5.46. The predicted octanol–water partition coefficient (Wildman–Crippen LogP) is 3.92. The number of ether oxygens (including phenoxy) is 4. The van der Waals surface area contributed by atoms with E-state index in [-0.39, 0.29) is 12.2 Å². The molecule has 2 aliphatic rings. The molecule has 0 aromatic heterocycles. The van der Waals surface area contributed by atoms with Gasteiger partial charge in [0.15, 0.2) is 0 Å². The molecule has 2 aliphatic heterocycles. The van der Waals surface area contributed by atoms with E-state index in [9.17, 15) is 0 Å². The van der Waals surface area contributed by atoms with E-state index >= 15 is 0 Å². The molecule has 0 radical (unpaired) electrons. The highest BCUT2D eigenvalue weighted by Gasteiger charge is 2.18. The minimum absolute atomic E-state index is 0.113. The van der Waals surface area contributed by atoms with Gasteiger partial charge in [0.2, 0.25) is 0 Å². The summed E-state index contributed by atoms with van der Waals surface area (Å²) in [4.78, 5) is 0. The molecule has 4 nitrogen and oxygen atoms in total. The maximum atomic E-state index is 5.46. The Bertz CT molecular complexity index is 469. The zero-order valence-corrected chi connectivity index (χ0v) is 12.4. The molecule has 1 aromatic rings. The Kier molecular flexibility index (Phi) is 5.55. The maximum Gasteiger partial charge on any atom is 0.272 e. The van der Waals surface area contributed by atoms with Crippen LogP contribution in [0.4, 0.5) is 0 Å². The second-order valence-electron chi connectivity index (χ2n) is 4.96. The summed E-state index contributed by atoms with van der Waals surface area (Å²) < 4.78 is 20.6. The normalized spacial score (nSPS) is 24.4. The highest BCUT2D eigenvalue weighted by Crippen LogP contribution is 2.27. The largest absolute Gasteiger partial charge is 0.466 e. The van der Waals surface area contributed by atoms with Crippen LogP contribution in [-0.2, 0) is 18.9 Å². The average Bonchev–Trinajstić information content (AvgIpc) is 2.49. The second kappa shape index (κ2) is 7.62. The minimum atomic E-state index is 0.113. The highest BCUT2D eigenvalue weighted by atomic mass is 16.7. The van der Waals surface area contributed by atoms with Gasteiger partial charge in [-0.1, -0.05) is 30.3 Å². The Hall–Kier alpha value is -2.10. The lowest BCUT2D eigenvalue weighted by Crippen LogP contribution is -2.18. The fraction of sp³-hybridized carbons (Fsp3) is 0.412. The van der Waals surface area contributed by atoms with Crippen LogP contribution in [0, 0.1) is 0 Å². The quantitative estimate of drug-likeness (QED) is 0.785. The molecule has 114 valence electrons. The molecule has 2 unspecified atom stereocenters. The molecule has 0 bridgehead atoms. The first-order valence-corrected chi connectivity index (χ1v) is 7.17. The first kappa shape index (κ1) is 15.3. The topological polar surface area (TPSA) is 36.9 Å². The standard InChI is InChI=1S/C11H12O2.C6H10O2/c1-9-12-8-7-11(13-9)10-5-3-2-4-6-10;1-5-3-4-7-6(2)8-5/h2-6,11H,1,7-8H2;5H,2-4H2,1H3. The summed E-state index contributed by atoms with van der Waals surface area (Å²) in [5.74, 6) is 0.892. The van der Waals surface area contributed by atoms with E-state index < -0.39 is 0 Å². The number of benzene rings is 1. The molecule has 1 aromatic carbocycles. The number of rotatable bonds is 1. The van der Waals surface area contributed by atoms with Crippen LogP contribution in [0.2, 0.25) is 0 Å². The summed E-state index contributed by atoms with van der Waals surface area (Å²) in [6.45, 7) is 10.6. The zero-order chi connectivity index (χ0) is 15.1. The molecular formula is C17H22O4. The molecule has 2 saturated heterocycles. The predicted molar refractivity (Wildman–Crippen MR) is 80.2 cm³/mol. The van der Waals surface area contributed by atoms with Crippen LogP contribution in [0.1, 0.15) is 31.4 Å². The fourth-order valence-corrected chi connectivity index (χ4v) is 2.09. The van der Waals surface area contributed by atoms with Crippen LogP contribution in [0.15, 0.2) is 55.4 Å². The van der Waals surface area contributed by atoms with Gasteiger partial charge < -0.3 is 18.9 Å². The summed E-state index contributed by atoms with van der Waals surface area (Å²) >= 11 is 0. The second-order valence-corrected chi connectivity index (χ2v) is 4.96. The molecule has 2 heterocycles. The third kappa shape index (κ3) is 5.06. The fourth-order valence-electron chi connectivity index (χ4n) is 2.09. The molecule has 4 heteroatoms. The van der Waals surface area contributed by atoms with Crippen molar-refractivity contribution in [3.05, 3.63) is 60.9 Å². The molecule has 0 saturated carbocycles. The monoisotopic (exact) mass is 290 g/mol. The van der Waals surface area contributed by atoms with Crippen LogP contribution < -0.4 is 0 Å². The molecule has 0 spiro atoms. The van der Waals surface area contributed by atoms with Gasteiger partial charge in [-0.15, -0.1) is 0 Å². The van der Waals surface area contributed by atoms with E-state index in [1.54, 1.807) is 0 Å². The molecule has 0 N–H and O–H groups in total. The molecule has 2 fully saturated rings. The van der Waals surface area contributed by atoms with Crippen molar-refractivity contribution in [2.24, 2.45) is 0 Å². The van der Waals surface area contributed by atoms with Crippen molar-refractivity contribution >= 4 is 0 Å². The van der Waals surface area contributed by atoms with Crippen LogP contribution in [0.5, 0.6) is 0 Å². The molecule has 21 heavy (non-hydrogen) atoms. The van der Waals surface area contributed by atoms with Gasteiger partial charge in [0.25, 0.3) is 11.9 Å². The highest BCUT2D eigenvalue weighted by molar-refractivity contribution is 5.18. The molecule has 0 amide bonds. The lowest BCUT2D eigenvalue weighted by Gasteiger charge is -2.25. The summed E-state index contributed by atoms with van der Waals surface area (Å²) in [7, 11) is 0. The van der Waals surface area contributed by atoms with Crippen LogP contribution in [0.25, 0.3) is 0 Å². The molecule has 2 atom stereocenters. The first-order chi connectivity index (χ1) is 10.1. The lowest BCUT2D eigenvalue weighted by atomic mass is 10.1. The Morgan fingerprint density at radius 1 is 0.905 bits per heavy atom. The lowest BCUT2D eigenvalue weighted by molar-refractivity contribution is -0.0637. The average molecular weight is 290 g/mol. The molecule has 0 aliphatic carbocycles. The number of hydrogen-bond acceptors (Lipinski definition) is 4. The van der Waals surface area contributed by atoms with Gasteiger partial charge >= 0.3 is 0 Å². The van der Waals surface area contributed by atoms with Gasteiger partial charge in [0, 0.05) is 12.8 Å². The first-order valence-electron chi connectivity index (χ1n) is 7.17. The Labute approximate surface area is 126 Å². The van der Waals surface area contributed by atoms with Gasteiger partial charge in [-0.2, -0.15) is 0 Å². The van der Waals surface area contributed by atoms with E-state index in [1.165, 1.54) is 5.56 Å². The third-order valence-electron chi connectivity index (χ3n) is 3.21. The van der Waals surface area contributed by atoms with Crippen molar-refractivity contribution < 1.29 is 18.9 Å². The Morgan fingerprint density at radius 2 is 1.52 bits per heavy atom. The van der Waals surface area contributed by atoms with Crippen molar-refractivity contribution in [3.63, 3.8) is 0 Å². The van der Waals surface area contributed by atoms with E-state index in [0.717, 1.165) is 19.4 Å². The summed E-state index contributed by atoms with van der Waals surface area (Å²) in [6.07, 6.45) is 2.26. The van der Waals surface area contributed by atoms with Gasteiger partial charge in [-0.05, 0) is 25.6 Å². The summed E-state index contributed by atoms with van der Waals surface area (Å²) in [5, 5.41) is 0. The molecular weight excluding hydrogens is 268 g/mol. The SMILES string of the molecule is C=C1OCCC(C)O1.C=C1OCCC(c2ccccc2)O1. The third-order valence-corrected chi connectivity index (χ3v) is 3.21. The van der Waals surface area contributed by atoms with Crippen molar-refractivity contribution in [2.75, 3.05) is 13.2 Å². The van der Waals surface area contributed by atoms with Gasteiger partial charge in [0.05, 0.1) is 13.2 Å². The Balaban J connectivity index is 0.000000173. The molecule has 3 rings (SSSR count). The Morgan fingerprint density at radius 3 is 2.05 bits per heavy atom. The minimum Gasteiger partial charge on any atom is -0.466 e. The zero-order valence-electron chi connectivity index (χ0n) is 12.4. The van der Waals surface area contributed by atoms with E-state index in [1.807, 2.05) is 25.1 Å². The number of hydrogen-bond donors (Lipinski definition) is 0. The van der Waals surface area contributed by atoms with Crippen molar-refractivity contribution in [2.45, 2.75) is 32.0 Å². The summed E-state index contributed by atoms with van der Waals surface area (Å²) in [6, 6.07) is 10.1. The van der Waals surface area contributed by atoms with Crippen molar-refractivity contribution in [3.8, 4) is 0 Å². The van der Waals surface area contributed by atoms with Crippen molar-refractivity contribution in [1.82, 2.24) is 0 Å².